The Kier molecular flexibility index (Phi) is 5.20. The number of fused-ring (bicyclic) bond motifs is 1. The lowest BCUT2D eigenvalue weighted by molar-refractivity contribution is -0.121. The average molecular weight is 301 g/mol. The van der Waals surface area contributed by atoms with Crippen LogP contribution >= 0.6 is 0 Å². The largest absolute Gasteiger partial charge is 0.355 e. The summed E-state index contributed by atoms with van der Waals surface area (Å²) in [4.78, 5) is 23.2. The molecule has 0 unspecified atom stereocenters. The number of hydrogen-bond donors (Lipinski definition) is 2. The third kappa shape index (κ3) is 4.10. The maximum Gasteiger partial charge on any atom is 0.239 e. The van der Waals surface area contributed by atoms with E-state index in [1.54, 1.807) is 0 Å². The summed E-state index contributed by atoms with van der Waals surface area (Å²) < 4.78 is 1.89. The fourth-order valence-corrected chi connectivity index (χ4v) is 2.37. The summed E-state index contributed by atoms with van der Waals surface area (Å²) in [5.41, 5.74) is 1.70. The van der Waals surface area contributed by atoms with Gasteiger partial charge in [-0.1, -0.05) is 19.9 Å². The Balaban J connectivity index is 2.09. The first-order valence-electron chi connectivity index (χ1n) is 7.59. The molecule has 2 N–H and O–H groups in total. The maximum atomic E-state index is 12.0. The molecule has 0 aliphatic heterocycles. The second-order valence-corrected chi connectivity index (χ2v) is 5.90. The van der Waals surface area contributed by atoms with Gasteiger partial charge in [0.25, 0.3) is 0 Å². The molecule has 2 rings (SSSR count). The summed E-state index contributed by atoms with van der Waals surface area (Å²) in [6.07, 6.45) is 2.85. The van der Waals surface area contributed by atoms with Gasteiger partial charge in [-0.2, -0.15) is 0 Å². The van der Waals surface area contributed by atoms with Gasteiger partial charge in [-0.3, -0.25) is 9.59 Å². The first-order chi connectivity index (χ1) is 10.5. The number of nitrogens with one attached hydrogen (secondary N) is 2. The lowest BCUT2D eigenvalue weighted by atomic mass is 10.1. The van der Waals surface area contributed by atoms with Gasteiger partial charge in [0.15, 0.2) is 0 Å². The molecule has 1 aromatic carbocycles. The molecule has 2 amide bonds. The van der Waals surface area contributed by atoms with E-state index in [2.05, 4.69) is 24.5 Å². The molecule has 0 fully saturated rings. The molecule has 2 aromatic rings. The van der Waals surface area contributed by atoms with Crippen LogP contribution in [0.25, 0.3) is 10.9 Å². The van der Waals surface area contributed by atoms with Crippen molar-refractivity contribution >= 4 is 28.4 Å². The highest BCUT2D eigenvalue weighted by atomic mass is 16.2. The number of carbonyl (C=O) groups is 2. The molecule has 5 heteroatoms. The molecule has 0 saturated carbocycles. The van der Waals surface area contributed by atoms with Crippen LogP contribution in [0.2, 0.25) is 0 Å². The van der Waals surface area contributed by atoms with Crippen molar-refractivity contribution < 1.29 is 9.59 Å². The quantitative estimate of drug-likeness (QED) is 0.861. The third-order valence-electron chi connectivity index (χ3n) is 3.48. The Morgan fingerprint density at radius 3 is 2.68 bits per heavy atom. The van der Waals surface area contributed by atoms with Gasteiger partial charge in [0.1, 0.15) is 6.54 Å². The second-order valence-electron chi connectivity index (χ2n) is 5.90. The highest BCUT2D eigenvalue weighted by Gasteiger charge is 2.09. The Bertz CT molecular complexity index is 674. The van der Waals surface area contributed by atoms with E-state index in [1.807, 2.05) is 35.0 Å². The summed E-state index contributed by atoms with van der Waals surface area (Å²) >= 11 is 0. The van der Waals surface area contributed by atoms with Crippen molar-refractivity contribution in [1.29, 1.82) is 0 Å². The number of amides is 2. The number of hydrogen-bond acceptors (Lipinski definition) is 2. The second kappa shape index (κ2) is 7.11. The summed E-state index contributed by atoms with van der Waals surface area (Å²) in [6, 6.07) is 7.60. The normalized spacial score (nSPS) is 10.9. The molecule has 118 valence electrons. The predicted molar refractivity (Wildman–Crippen MR) is 88.7 cm³/mol. The fourth-order valence-electron chi connectivity index (χ4n) is 2.37. The molecular formula is C17H23N3O2. The molecule has 1 aromatic heterocycles. The highest BCUT2D eigenvalue weighted by Crippen LogP contribution is 2.24. The van der Waals surface area contributed by atoms with Crippen molar-refractivity contribution in [1.82, 2.24) is 9.88 Å². The van der Waals surface area contributed by atoms with Crippen LogP contribution in [0.1, 0.15) is 27.2 Å². The molecular weight excluding hydrogens is 278 g/mol. The lowest BCUT2D eigenvalue weighted by Gasteiger charge is -2.09. The number of rotatable bonds is 6. The van der Waals surface area contributed by atoms with Crippen LogP contribution in [0.4, 0.5) is 5.69 Å². The van der Waals surface area contributed by atoms with E-state index in [4.69, 9.17) is 0 Å². The summed E-state index contributed by atoms with van der Waals surface area (Å²) in [5.74, 6) is 0.475. The fraction of sp³-hybridized carbons (Fsp3) is 0.412. The molecule has 0 spiro atoms. The van der Waals surface area contributed by atoms with Crippen LogP contribution in [0, 0.1) is 5.92 Å². The molecule has 22 heavy (non-hydrogen) atoms. The summed E-state index contributed by atoms with van der Waals surface area (Å²) in [7, 11) is 0. The zero-order chi connectivity index (χ0) is 16.1. The monoisotopic (exact) mass is 301 g/mol. The van der Waals surface area contributed by atoms with Crippen LogP contribution in [-0.4, -0.2) is 22.9 Å². The predicted octanol–water partition coefficient (Wildman–Crippen LogP) is 2.76. The van der Waals surface area contributed by atoms with Gasteiger partial charge in [0, 0.05) is 25.1 Å². The maximum absolute atomic E-state index is 12.0. The summed E-state index contributed by atoms with van der Waals surface area (Å²) in [5, 5.41) is 6.68. The first-order valence-corrected chi connectivity index (χ1v) is 7.59. The molecule has 0 aliphatic carbocycles. The molecule has 1 heterocycles. The number of benzene rings is 1. The van der Waals surface area contributed by atoms with Gasteiger partial charge in [-0.15, -0.1) is 0 Å². The Labute approximate surface area is 130 Å². The SMILES string of the molecule is CC(=O)Nc1cccc2c1ccn2CC(=O)NCCC(C)C. The van der Waals surface area contributed by atoms with Gasteiger partial charge in [0.2, 0.25) is 11.8 Å². The van der Waals surface area contributed by atoms with Crippen LogP contribution < -0.4 is 10.6 Å². The van der Waals surface area contributed by atoms with Gasteiger partial charge in [-0.05, 0) is 30.5 Å². The third-order valence-corrected chi connectivity index (χ3v) is 3.48. The van der Waals surface area contributed by atoms with Crippen LogP contribution in [0.3, 0.4) is 0 Å². The molecule has 0 radical (unpaired) electrons. The highest BCUT2D eigenvalue weighted by molar-refractivity contribution is 6.01. The van der Waals surface area contributed by atoms with E-state index in [-0.39, 0.29) is 18.4 Å². The standard InChI is InChI=1S/C17H23N3O2/c1-12(2)7-9-18-17(22)11-20-10-8-14-15(19-13(3)21)5-4-6-16(14)20/h4-6,8,10,12H,7,9,11H2,1-3H3,(H,18,22)(H,19,21). The summed E-state index contributed by atoms with van der Waals surface area (Å²) in [6.45, 7) is 6.74. The van der Waals surface area contributed by atoms with Gasteiger partial charge in [0.05, 0.1) is 11.2 Å². The number of anilines is 1. The van der Waals surface area contributed by atoms with Crippen LogP contribution in [0.15, 0.2) is 30.5 Å². The van der Waals surface area contributed by atoms with E-state index in [9.17, 15) is 9.59 Å². The minimum atomic E-state index is -0.105. The van der Waals surface area contributed by atoms with Gasteiger partial charge in [-0.25, -0.2) is 0 Å². The van der Waals surface area contributed by atoms with Gasteiger partial charge >= 0.3 is 0 Å². The minimum absolute atomic E-state index is 0.00285. The van der Waals surface area contributed by atoms with Gasteiger partial charge < -0.3 is 15.2 Å². The molecule has 0 atom stereocenters. The Morgan fingerprint density at radius 2 is 2.00 bits per heavy atom. The molecule has 5 nitrogen and oxygen atoms in total. The van der Waals surface area contributed by atoms with E-state index < -0.39 is 0 Å². The number of nitrogens with zero attached hydrogens (tertiary/aromatic N) is 1. The molecule has 0 aliphatic rings. The minimum Gasteiger partial charge on any atom is -0.355 e. The number of carbonyl (C=O) groups excluding carboxylic acids is 2. The number of aromatic nitrogens is 1. The Morgan fingerprint density at radius 1 is 1.23 bits per heavy atom. The lowest BCUT2D eigenvalue weighted by Crippen LogP contribution is -2.28. The topological polar surface area (TPSA) is 63.1 Å². The zero-order valence-corrected chi connectivity index (χ0v) is 13.3. The van der Waals surface area contributed by atoms with Crippen LogP contribution in [0.5, 0.6) is 0 Å². The van der Waals surface area contributed by atoms with Crippen molar-refractivity contribution in [2.75, 3.05) is 11.9 Å². The van der Waals surface area contributed by atoms with Crippen molar-refractivity contribution in [2.24, 2.45) is 5.92 Å². The van der Waals surface area contributed by atoms with E-state index in [0.29, 0.717) is 12.5 Å². The van der Waals surface area contributed by atoms with E-state index in [1.165, 1.54) is 6.92 Å². The van der Waals surface area contributed by atoms with Crippen molar-refractivity contribution in [2.45, 2.75) is 33.7 Å². The first kappa shape index (κ1) is 16.1. The zero-order valence-electron chi connectivity index (χ0n) is 13.3. The van der Waals surface area contributed by atoms with Crippen molar-refractivity contribution in [3.05, 3.63) is 30.5 Å². The van der Waals surface area contributed by atoms with E-state index >= 15 is 0 Å². The Hall–Kier alpha value is -2.30. The molecule has 0 bridgehead atoms. The molecule has 0 saturated heterocycles. The average Bonchev–Trinajstić information content (AvgIpc) is 2.82. The van der Waals surface area contributed by atoms with Crippen molar-refractivity contribution in [3.63, 3.8) is 0 Å². The van der Waals surface area contributed by atoms with Crippen LogP contribution in [-0.2, 0) is 16.1 Å². The smallest absolute Gasteiger partial charge is 0.239 e. The van der Waals surface area contributed by atoms with E-state index in [0.717, 1.165) is 23.0 Å². The van der Waals surface area contributed by atoms with Crippen molar-refractivity contribution in [3.8, 4) is 0 Å².